The lowest BCUT2D eigenvalue weighted by Crippen LogP contribution is -2.54. The van der Waals surface area contributed by atoms with Gasteiger partial charge in [-0.25, -0.2) is 14.4 Å². The van der Waals surface area contributed by atoms with Gasteiger partial charge in [0.25, 0.3) is 0 Å². The highest BCUT2D eigenvalue weighted by molar-refractivity contribution is 6.01. The fourth-order valence-electron chi connectivity index (χ4n) is 9.68. The maximum atomic E-state index is 15.3. The Morgan fingerprint density at radius 2 is 1.55 bits per heavy atom. The quantitative estimate of drug-likeness (QED) is 0.227. The van der Waals surface area contributed by atoms with E-state index in [1.54, 1.807) is 18.2 Å². The van der Waals surface area contributed by atoms with E-state index in [-0.39, 0.29) is 41.9 Å². The molecule has 2 aromatic carbocycles. The summed E-state index contributed by atoms with van der Waals surface area (Å²) in [4.78, 5) is 43.3. The molecule has 4 N–H and O–H groups in total. The molecule has 14 heteroatoms. The summed E-state index contributed by atoms with van der Waals surface area (Å²) in [5.41, 5.74) is 10.8. The fraction of sp³-hybridized carbons (Fsp3) is 0.463. The van der Waals surface area contributed by atoms with Gasteiger partial charge in [0.1, 0.15) is 11.6 Å². The lowest BCUT2D eigenvalue weighted by Gasteiger charge is -2.43. The number of hydrogen-bond acceptors (Lipinski definition) is 12. The van der Waals surface area contributed by atoms with E-state index >= 15 is 4.39 Å². The summed E-state index contributed by atoms with van der Waals surface area (Å²) in [5.74, 6) is 0.337. The molecule has 4 saturated heterocycles. The van der Waals surface area contributed by atoms with Gasteiger partial charge in [0.15, 0.2) is 5.82 Å². The average Bonchev–Trinajstić information content (AvgIpc) is 3.47. The van der Waals surface area contributed by atoms with Gasteiger partial charge in [0.05, 0.1) is 23.0 Å². The van der Waals surface area contributed by atoms with Crippen molar-refractivity contribution in [3.8, 4) is 17.0 Å². The largest absolute Gasteiger partial charge is 0.507 e. The molecule has 3 atom stereocenters. The zero-order chi connectivity index (χ0) is 37.6. The lowest BCUT2D eigenvalue weighted by molar-refractivity contribution is -0.134. The molecule has 0 unspecified atom stereocenters. The molecule has 13 nitrogen and oxygen atoms in total. The molecule has 0 radical (unpaired) electrons. The number of amides is 2. The molecule has 5 fully saturated rings. The minimum absolute atomic E-state index is 0.160. The van der Waals surface area contributed by atoms with Gasteiger partial charge in [-0.15, -0.1) is 10.2 Å². The van der Waals surface area contributed by atoms with E-state index in [0.717, 1.165) is 95.1 Å². The summed E-state index contributed by atoms with van der Waals surface area (Å²) in [7, 11) is 0. The zero-order valence-electron chi connectivity index (χ0n) is 30.9. The number of halogens is 1. The van der Waals surface area contributed by atoms with Gasteiger partial charge in [-0.1, -0.05) is 18.2 Å². The number of piperidine rings is 1. The van der Waals surface area contributed by atoms with Gasteiger partial charge in [0.2, 0.25) is 17.8 Å². The van der Waals surface area contributed by atoms with Gasteiger partial charge < -0.3 is 25.5 Å². The summed E-state index contributed by atoms with van der Waals surface area (Å²) < 4.78 is 15.3. The molecular formula is C41H47FN10O3. The van der Waals surface area contributed by atoms with Crippen molar-refractivity contribution < 1.29 is 19.1 Å². The predicted octanol–water partition coefficient (Wildman–Crippen LogP) is 4.59. The Bertz CT molecular complexity index is 2070. The minimum Gasteiger partial charge on any atom is -0.507 e. The van der Waals surface area contributed by atoms with Gasteiger partial charge in [-0.3, -0.25) is 19.8 Å². The van der Waals surface area contributed by atoms with Crippen LogP contribution in [-0.4, -0.2) is 99.4 Å². The van der Waals surface area contributed by atoms with Gasteiger partial charge in [-0.2, -0.15) is 0 Å². The second-order valence-corrected chi connectivity index (χ2v) is 15.7. The molecule has 6 heterocycles. The summed E-state index contributed by atoms with van der Waals surface area (Å²) in [5, 5.41) is 21.3. The fourth-order valence-corrected chi connectivity index (χ4v) is 9.68. The molecular weight excluding hydrogens is 700 g/mol. The SMILES string of the molecule is Nc1nnc(-c2ccccc2O)cc1N1C[C@H]2CC[C@@H](C1)N2c1nccc([C@H]2CC[C@@H](N3CCN(c4ccc([C@@H]5CCC(=O)NC5=O)cc4F)CC3)CC2)n1. The first-order chi connectivity index (χ1) is 26.8. The molecule has 55 heavy (non-hydrogen) atoms. The highest BCUT2D eigenvalue weighted by Crippen LogP contribution is 2.40. The normalized spacial score (nSPS) is 26.0. The van der Waals surface area contributed by atoms with Crippen molar-refractivity contribution in [1.82, 2.24) is 30.4 Å². The monoisotopic (exact) mass is 746 g/mol. The van der Waals surface area contributed by atoms with E-state index in [0.29, 0.717) is 46.7 Å². The molecule has 1 aliphatic carbocycles. The molecule has 1 saturated carbocycles. The van der Waals surface area contributed by atoms with E-state index in [1.165, 1.54) is 6.07 Å². The Hall–Kier alpha value is -5.37. The van der Waals surface area contributed by atoms with Crippen LogP contribution in [0.1, 0.15) is 74.5 Å². The number of carbonyl (C=O) groups excluding carboxylic acids is 2. The number of benzene rings is 2. The Kier molecular flexibility index (Phi) is 9.45. The zero-order valence-corrected chi connectivity index (χ0v) is 30.9. The number of phenols is 1. The smallest absolute Gasteiger partial charge is 0.234 e. The van der Waals surface area contributed by atoms with Crippen LogP contribution in [0.3, 0.4) is 0 Å². The van der Waals surface area contributed by atoms with Gasteiger partial charge in [0, 0.05) is 87.2 Å². The Morgan fingerprint density at radius 1 is 0.800 bits per heavy atom. The molecule has 5 aliphatic rings. The third-order valence-electron chi connectivity index (χ3n) is 12.6. The predicted molar refractivity (Wildman–Crippen MR) is 207 cm³/mol. The number of hydrogen-bond donors (Lipinski definition) is 3. The van der Waals surface area contributed by atoms with Crippen LogP contribution >= 0.6 is 0 Å². The van der Waals surface area contributed by atoms with Gasteiger partial charge in [-0.05, 0) is 86.9 Å². The topological polar surface area (TPSA) is 157 Å². The number of aromatic nitrogens is 4. The van der Waals surface area contributed by atoms with Crippen LogP contribution in [0.25, 0.3) is 11.3 Å². The van der Waals surface area contributed by atoms with E-state index in [9.17, 15) is 14.7 Å². The number of nitrogen functional groups attached to an aromatic ring is 1. The first kappa shape index (κ1) is 35.3. The Balaban J connectivity index is 0.796. The average molecular weight is 747 g/mol. The molecule has 4 aromatic rings. The summed E-state index contributed by atoms with van der Waals surface area (Å²) in [6.45, 7) is 4.82. The van der Waals surface area contributed by atoms with Crippen molar-refractivity contribution >= 4 is 35.0 Å². The maximum Gasteiger partial charge on any atom is 0.234 e. The highest BCUT2D eigenvalue weighted by Gasteiger charge is 2.42. The number of nitrogens with one attached hydrogen (secondary N) is 1. The third kappa shape index (κ3) is 6.92. The number of rotatable bonds is 7. The number of nitrogens with zero attached hydrogens (tertiary/aromatic N) is 8. The van der Waals surface area contributed by atoms with Crippen LogP contribution in [0.15, 0.2) is 60.8 Å². The third-order valence-corrected chi connectivity index (χ3v) is 12.6. The number of piperazine rings is 2. The van der Waals surface area contributed by atoms with Crippen molar-refractivity contribution in [3.05, 3.63) is 77.9 Å². The standard InChI is InChI=1S/C41H47FN10O3/c42-32-21-26(30-12-14-38(54)46-40(30)55)7-13-35(32)50-19-17-49(18-20-50)27-8-5-25(6-9-27)33-15-16-44-41(45-33)52-28-10-11-29(52)24-51(23-28)36-22-34(47-48-39(36)43)31-3-1-2-4-37(31)53/h1-4,7,13,15-16,21-22,25,27-30,53H,5-6,8-12,14,17-20,23-24H2,(H2,43,48)(H,46,54,55)/t25-,27+,28-,29+,30-/m0/s1. The van der Waals surface area contributed by atoms with Crippen molar-refractivity contribution in [2.24, 2.45) is 0 Å². The lowest BCUT2D eigenvalue weighted by atomic mass is 9.83. The van der Waals surface area contributed by atoms with Crippen molar-refractivity contribution in [2.45, 2.75) is 81.3 Å². The van der Waals surface area contributed by atoms with E-state index in [2.05, 4.69) is 41.2 Å². The van der Waals surface area contributed by atoms with Crippen molar-refractivity contribution in [3.63, 3.8) is 0 Å². The summed E-state index contributed by atoms with van der Waals surface area (Å²) in [6.07, 6.45) is 9.08. The summed E-state index contributed by atoms with van der Waals surface area (Å²) >= 11 is 0. The number of imide groups is 1. The van der Waals surface area contributed by atoms with Crippen LogP contribution in [0.2, 0.25) is 0 Å². The second-order valence-electron chi connectivity index (χ2n) is 15.7. The van der Waals surface area contributed by atoms with Crippen LogP contribution in [0, 0.1) is 5.82 Å². The van der Waals surface area contributed by atoms with Crippen LogP contribution in [0.4, 0.5) is 27.5 Å². The van der Waals surface area contributed by atoms with Crippen LogP contribution < -0.4 is 25.8 Å². The number of fused-ring (bicyclic) bond motifs is 2. The maximum absolute atomic E-state index is 15.3. The minimum atomic E-state index is -0.489. The van der Waals surface area contributed by atoms with Gasteiger partial charge >= 0.3 is 0 Å². The highest BCUT2D eigenvalue weighted by atomic mass is 19.1. The summed E-state index contributed by atoms with van der Waals surface area (Å²) in [6, 6.07) is 17.3. The molecule has 286 valence electrons. The van der Waals surface area contributed by atoms with E-state index < -0.39 is 5.92 Å². The molecule has 2 bridgehead atoms. The number of para-hydroxylation sites is 1. The Morgan fingerprint density at radius 3 is 2.27 bits per heavy atom. The first-order valence-electron chi connectivity index (χ1n) is 19.7. The van der Waals surface area contributed by atoms with E-state index in [1.807, 2.05) is 30.5 Å². The molecule has 2 aromatic heterocycles. The number of carbonyl (C=O) groups is 2. The second kappa shape index (κ2) is 14.7. The van der Waals surface area contributed by atoms with Crippen LogP contribution in [-0.2, 0) is 9.59 Å². The van der Waals surface area contributed by atoms with Crippen molar-refractivity contribution in [2.75, 3.05) is 59.7 Å². The molecule has 0 spiro atoms. The molecule has 9 rings (SSSR count). The van der Waals surface area contributed by atoms with Crippen LogP contribution in [0.5, 0.6) is 5.75 Å². The number of nitrogens with two attached hydrogens (primary N) is 1. The van der Waals surface area contributed by atoms with Crippen molar-refractivity contribution in [1.29, 1.82) is 0 Å². The van der Waals surface area contributed by atoms with E-state index in [4.69, 9.17) is 15.7 Å². The molecule has 2 amide bonds. The Labute approximate surface area is 319 Å². The number of anilines is 4. The first-order valence-corrected chi connectivity index (χ1v) is 19.7. The number of phenolic OH excluding ortho intramolecular Hbond substituents is 1. The molecule has 4 aliphatic heterocycles. The number of aromatic hydroxyl groups is 1.